The van der Waals surface area contributed by atoms with Crippen molar-refractivity contribution in [3.8, 4) is 0 Å². The second-order valence-corrected chi connectivity index (χ2v) is 7.33. The van der Waals surface area contributed by atoms with Gasteiger partial charge in [0.2, 0.25) is 0 Å². The zero-order valence-corrected chi connectivity index (χ0v) is 13.3. The van der Waals surface area contributed by atoms with E-state index in [9.17, 15) is 9.90 Å². The first-order valence-electron chi connectivity index (χ1n) is 7.19. The second-order valence-electron chi connectivity index (χ2n) is 5.79. The van der Waals surface area contributed by atoms with Gasteiger partial charge in [0.1, 0.15) is 0 Å². The second kappa shape index (κ2) is 6.07. The molecule has 2 atom stereocenters. The lowest BCUT2D eigenvalue weighted by molar-refractivity contribution is 0.0698. The summed E-state index contributed by atoms with van der Waals surface area (Å²) in [5.74, 6) is 1.65. The molecule has 0 radical (unpaired) electrons. The van der Waals surface area contributed by atoms with Crippen molar-refractivity contribution >= 4 is 29.4 Å². The highest BCUT2D eigenvalue weighted by atomic mass is 35.5. The fourth-order valence-electron chi connectivity index (χ4n) is 2.93. The average molecular weight is 327 g/mol. The Labute approximate surface area is 133 Å². The van der Waals surface area contributed by atoms with Crippen LogP contribution >= 0.6 is 23.4 Å². The normalized spacial score (nSPS) is 27.4. The summed E-state index contributed by atoms with van der Waals surface area (Å²) in [4.78, 5) is 12.0. The van der Waals surface area contributed by atoms with E-state index in [1.165, 1.54) is 5.56 Å². The maximum Gasteiger partial charge on any atom is 0.315 e. The van der Waals surface area contributed by atoms with E-state index < -0.39 is 5.60 Å². The Kier molecular flexibility index (Phi) is 4.33. The third kappa shape index (κ3) is 3.47. The number of urea groups is 1. The number of hydrogen-bond acceptors (Lipinski definition) is 3. The fraction of sp³-hybridized carbons (Fsp3) is 0.533. The minimum absolute atomic E-state index is 0.0323. The van der Waals surface area contributed by atoms with Gasteiger partial charge in [0.25, 0.3) is 0 Å². The third-order valence-electron chi connectivity index (χ3n) is 4.15. The van der Waals surface area contributed by atoms with Crippen molar-refractivity contribution < 1.29 is 9.90 Å². The van der Waals surface area contributed by atoms with Crippen LogP contribution in [0, 0.1) is 0 Å². The Bertz CT molecular complexity index is 546. The van der Waals surface area contributed by atoms with Gasteiger partial charge in [-0.25, -0.2) is 4.79 Å². The van der Waals surface area contributed by atoms with Crippen LogP contribution in [0.5, 0.6) is 0 Å². The molecule has 0 spiro atoms. The van der Waals surface area contributed by atoms with Crippen LogP contribution in [0.2, 0.25) is 5.02 Å². The largest absolute Gasteiger partial charge is 0.387 e. The van der Waals surface area contributed by atoms with Gasteiger partial charge in [-0.3, -0.25) is 0 Å². The molecule has 0 aromatic heterocycles. The van der Waals surface area contributed by atoms with E-state index in [0.717, 1.165) is 35.6 Å². The monoisotopic (exact) mass is 326 g/mol. The van der Waals surface area contributed by atoms with Crippen LogP contribution in [-0.4, -0.2) is 34.8 Å². The lowest BCUT2D eigenvalue weighted by atomic mass is 10.0. The molecule has 1 heterocycles. The molecule has 0 saturated carbocycles. The molecule has 1 aromatic rings. The summed E-state index contributed by atoms with van der Waals surface area (Å²) >= 11 is 7.71. The molecule has 2 amide bonds. The van der Waals surface area contributed by atoms with Crippen molar-refractivity contribution in [1.82, 2.24) is 10.6 Å². The summed E-state index contributed by atoms with van der Waals surface area (Å²) in [5, 5.41) is 16.7. The number of nitrogens with one attached hydrogen (secondary N) is 2. The number of aliphatic hydroxyl groups is 1. The molecule has 3 rings (SSSR count). The van der Waals surface area contributed by atoms with Crippen LogP contribution in [0.4, 0.5) is 4.79 Å². The molecular weight excluding hydrogens is 308 g/mol. The highest BCUT2D eigenvalue weighted by molar-refractivity contribution is 7.99. The predicted octanol–water partition coefficient (Wildman–Crippen LogP) is 2.49. The highest BCUT2D eigenvalue weighted by Crippen LogP contribution is 2.32. The zero-order valence-electron chi connectivity index (χ0n) is 11.7. The van der Waals surface area contributed by atoms with E-state index in [2.05, 4.69) is 10.6 Å². The molecule has 1 saturated heterocycles. The van der Waals surface area contributed by atoms with Gasteiger partial charge in [-0.2, -0.15) is 11.8 Å². The zero-order chi connectivity index (χ0) is 14.9. The Morgan fingerprint density at radius 3 is 3.14 bits per heavy atom. The van der Waals surface area contributed by atoms with Crippen molar-refractivity contribution in [2.75, 3.05) is 18.1 Å². The number of hydrogen-bond donors (Lipinski definition) is 3. The molecule has 21 heavy (non-hydrogen) atoms. The molecule has 3 N–H and O–H groups in total. The number of fused-ring (bicyclic) bond motifs is 1. The Morgan fingerprint density at radius 1 is 1.52 bits per heavy atom. The van der Waals surface area contributed by atoms with Crippen LogP contribution in [0.15, 0.2) is 18.2 Å². The first-order valence-corrected chi connectivity index (χ1v) is 8.72. The fourth-order valence-corrected chi connectivity index (χ4v) is 4.42. The predicted molar refractivity (Wildman–Crippen MR) is 85.9 cm³/mol. The van der Waals surface area contributed by atoms with Gasteiger partial charge in [0.05, 0.1) is 11.6 Å². The van der Waals surface area contributed by atoms with Crippen molar-refractivity contribution in [1.29, 1.82) is 0 Å². The molecule has 6 heteroatoms. The quantitative estimate of drug-likeness (QED) is 0.799. The number of thioether (sulfide) groups is 1. The van der Waals surface area contributed by atoms with Crippen molar-refractivity contribution in [2.24, 2.45) is 0 Å². The van der Waals surface area contributed by atoms with E-state index in [1.807, 2.05) is 18.2 Å². The molecule has 1 aliphatic carbocycles. The van der Waals surface area contributed by atoms with Gasteiger partial charge in [-0.15, -0.1) is 0 Å². The van der Waals surface area contributed by atoms with E-state index in [1.54, 1.807) is 11.8 Å². The smallest absolute Gasteiger partial charge is 0.315 e. The third-order valence-corrected chi connectivity index (χ3v) is 5.62. The van der Waals surface area contributed by atoms with Gasteiger partial charge in [0, 0.05) is 17.3 Å². The van der Waals surface area contributed by atoms with E-state index in [-0.39, 0.29) is 12.1 Å². The maximum atomic E-state index is 12.0. The first-order chi connectivity index (χ1) is 10.1. The molecule has 114 valence electrons. The van der Waals surface area contributed by atoms with Crippen molar-refractivity contribution in [2.45, 2.75) is 30.9 Å². The van der Waals surface area contributed by atoms with E-state index in [0.29, 0.717) is 12.3 Å². The number of carbonyl (C=O) groups excluding carboxylic acids is 1. The van der Waals surface area contributed by atoms with Crippen LogP contribution in [0.3, 0.4) is 0 Å². The molecule has 0 bridgehead atoms. The van der Waals surface area contributed by atoms with Crippen LogP contribution in [0.25, 0.3) is 0 Å². The summed E-state index contributed by atoms with van der Waals surface area (Å²) < 4.78 is 0. The average Bonchev–Trinajstić information content (AvgIpc) is 3.04. The number of halogens is 1. The van der Waals surface area contributed by atoms with Crippen LogP contribution < -0.4 is 10.6 Å². The van der Waals surface area contributed by atoms with Crippen molar-refractivity contribution in [3.63, 3.8) is 0 Å². The molecule has 1 aliphatic heterocycles. The van der Waals surface area contributed by atoms with Crippen LogP contribution in [0.1, 0.15) is 30.0 Å². The van der Waals surface area contributed by atoms with Gasteiger partial charge >= 0.3 is 6.03 Å². The van der Waals surface area contributed by atoms with Gasteiger partial charge in [-0.1, -0.05) is 17.7 Å². The SMILES string of the molecule is O=C(NCC1(O)CCSC1)NC1CCc2cc(Cl)ccc21. The lowest BCUT2D eigenvalue weighted by Gasteiger charge is -2.22. The maximum absolute atomic E-state index is 12.0. The molecular formula is C15H19ClN2O2S. The van der Waals surface area contributed by atoms with E-state index >= 15 is 0 Å². The van der Waals surface area contributed by atoms with Gasteiger partial charge < -0.3 is 15.7 Å². The Balaban J connectivity index is 1.54. The lowest BCUT2D eigenvalue weighted by Crippen LogP contribution is -2.47. The summed E-state index contributed by atoms with van der Waals surface area (Å²) in [5.41, 5.74) is 1.60. The molecule has 1 fully saturated rings. The Morgan fingerprint density at radius 2 is 2.38 bits per heavy atom. The van der Waals surface area contributed by atoms with Gasteiger partial charge in [-0.05, 0) is 48.3 Å². The summed E-state index contributed by atoms with van der Waals surface area (Å²) in [6.07, 6.45) is 2.56. The molecule has 2 unspecified atom stereocenters. The summed E-state index contributed by atoms with van der Waals surface area (Å²) in [6, 6.07) is 5.63. The Hall–Kier alpha value is -0.910. The van der Waals surface area contributed by atoms with Gasteiger partial charge in [0.15, 0.2) is 0 Å². The molecule has 4 nitrogen and oxygen atoms in total. The standard InChI is InChI=1S/C15H19ClN2O2S/c16-11-2-3-12-10(7-11)1-4-13(12)18-14(19)17-8-15(20)5-6-21-9-15/h2-3,7,13,20H,1,4-6,8-9H2,(H2,17,18,19). The minimum atomic E-state index is -0.747. The molecule has 2 aliphatic rings. The van der Waals surface area contributed by atoms with Crippen molar-refractivity contribution in [3.05, 3.63) is 34.3 Å². The minimum Gasteiger partial charge on any atom is -0.387 e. The number of benzene rings is 1. The highest BCUT2D eigenvalue weighted by Gasteiger charge is 2.32. The van der Waals surface area contributed by atoms with E-state index in [4.69, 9.17) is 11.6 Å². The summed E-state index contributed by atoms with van der Waals surface area (Å²) in [7, 11) is 0. The number of rotatable bonds is 3. The number of carbonyl (C=O) groups is 1. The molecule has 1 aromatic carbocycles. The van der Waals surface area contributed by atoms with Crippen LogP contribution in [-0.2, 0) is 6.42 Å². The number of amides is 2. The first kappa shape index (κ1) is 15.0. The number of aryl methyl sites for hydroxylation is 1. The topological polar surface area (TPSA) is 61.4 Å². The summed E-state index contributed by atoms with van der Waals surface area (Å²) in [6.45, 7) is 0.312.